The first kappa shape index (κ1) is 17.1. The fourth-order valence-corrected chi connectivity index (χ4v) is 3.03. The normalized spacial score (nSPS) is 26.5. The third-order valence-electron chi connectivity index (χ3n) is 4.35. The number of aromatic nitrogens is 1. The number of ether oxygens (including phenoxy) is 4. The molecule has 0 saturated carbocycles. The molecule has 1 aromatic heterocycles. The Hall–Kier alpha value is -1.70. The van der Waals surface area contributed by atoms with Gasteiger partial charge in [-0.25, -0.2) is 4.98 Å². The summed E-state index contributed by atoms with van der Waals surface area (Å²) in [6.07, 6.45) is 3.32. The molecule has 0 aliphatic carbocycles. The van der Waals surface area contributed by atoms with Gasteiger partial charge in [0.15, 0.2) is 0 Å². The van der Waals surface area contributed by atoms with E-state index in [9.17, 15) is 4.79 Å². The zero-order valence-corrected chi connectivity index (χ0v) is 13.9. The fourth-order valence-electron chi connectivity index (χ4n) is 3.03. The van der Waals surface area contributed by atoms with Crippen molar-refractivity contribution >= 4 is 5.91 Å². The van der Waals surface area contributed by atoms with Gasteiger partial charge in [0.1, 0.15) is 12.7 Å². The highest BCUT2D eigenvalue weighted by atomic mass is 16.5. The number of amides is 1. The van der Waals surface area contributed by atoms with Crippen molar-refractivity contribution in [3.63, 3.8) is 0 Å². The van der Waals surface area contributed by atoms with Crippen LogP contribution in [0, 0.1) is 5.92 Å². The summed E-state index contributed by atoms with van der Waals surface area (Å²) < 4.78 is 21.6. The Morgan fingerprint density at radius 1 is 1.38 bits per heavy atom. The Labute approximate surface area is 141 Å². The van der Waals surface area contributed by atoms with Gasteiger partial charge in [-0.3, -0.25) is 4.79 Å². The summed E-state index contributed by atoms with van der Waals surface area (Å²) in [5, 5.41) is 3.00. The van der Waals surface area contributed by atoms with Crippen LogP contribution in [0.25, 0.3) is 0 Å². The molecule has 3 rings (SSSR count). The Morgan fingerprint density at radius 3 is 3.00 bits per heavy atom. The van der Waals surface area contributed by atoms with E-state index in [-0.39, 0.29) is 24.7 Å². The molecule has 0 spiro atoms. The molecule has 132 valence electrons. The number of nitrogens with one attached hydrogen (secondary N) is 1. The predicted octanol–water partition coefficient (Wildman–Crippen LogP) is 1.09. The van der Waals surface area contributed by atoms with Gasteiger partial charge < -0.3 is 24.3 Å². The minimum absolute atomic E-state index is 0.0638. The predicted molar refractivity (Wildman–Crippen MR) is 85.8 cm³/mol. The third kappa shape index (κ3) is 4.43. The van der Waals surface area contributed by atoms with Crippen molar-refractivity contribution in [3.05, 3.63) is 23.9 Å². The molecule has 2 aliphatic rings. The van der Waals surface area contributed by atoms with Crippen molar-refractivity contribution < 1.29 is 23.7 Å². The molecule has 2 fully saturated rings. The van der Waals surface area contributed by atoms with Crippen molar-refractivity contribution in [2.75, 3.05) is 40.1 Å². The number of pyridine rings is 1. The maximum atomic E-state index is 12.1. The topological polar surface area (TPSA) is 78.9 Å². The molecule has 0 aromatic carbocycles. The lowest BCUT2D eigenvalue weighted by Gasteiger charge is -2.20. The molecule has 1 aromatic rings. The van der Waals surface area contributed by atoms with Crippen LogP contribution in [0.5, 0.6) is 5.88 Å². The van der Waals surface area contributed by atoms with E-state index in [1.807, 2.05) is 6.07 Å². The zero-order chi connectivity index (χ0) is 16.8. The van der Waals surface area contributed by atoms with Crippen molar-refractivity contribution in [3.8, 4) is 5.88 Å². The van der Waals surface area contributed by atoms with Crippen LogP contribution in [0.1, 0.15) is 24.5 Å². The van der Waals surface area contributed by atoms with Gasteiger partial charge in [-0.15, -0.1) is 0 Å². The monoisotopic (exact) mass is 336 g/mol. The molecule has 3 atom stereocenters. The summed E-state index contributed by atoms with van der Waals surface area (Å²) in [5.41, 5.74) is 0.933. The highest BCUT2D eigenvalue weighted by Crippen LogP contribution is 2.29. The van der Waals surface area contributed by atoms with Gasteiger partial charge >= 0.3 is 0 Å². The van der Waals surface area contributed by atoms with Crippen LogP contribution >= 0.6 is 0 Å². The second-order valence-electron chi connectivity index (χ2n) is 6.13. The van der Waals surface area contributed by atoms with E-state index in [1.54, 1.807) is 19.4 Å². The summed E-state index contributed by atoms with van der Waals surface area (Å²) in [6, 6.07) is 3.64. The molecule has 0 bridgehead atoms. The van der Waals surface area contributed by atoms with Gasteiger partial charge in [-0.2, -0.15) is 0 Å². The van der Waals surface area contributed by atoms with Crippen molar-refractivity contribution in [2.24, 2.45) is 5.92 Å². The highest BCUT2D eigenvalue weighted by Gasteiger charge is 2.31. The van der Waals surface area contributed by atoms with E-state index in [0.717, 1.165) is 31.6 Å². The molecule has 1 unspecified atom stereocenters. The molecular weight excluding hydrogens is 312 g/mol. The molecule has 7 nitrogen and oxygen atoms in total. The SMILES string of the molecule is COc1ccc([C@H]2OCC[C@@H]2NC(=O)COCC2CCOC2)cn1. The quantitative estimate of drug-likeness (QED) is 0.803. The molecule has 7 heteroatoms. The lowest BCUT2D eigenvalue weighted by Crippen LogP contribution is -2.39. The first-order valence-electron chi connectivity index (χ1n) is 8.32. The third-order valence-corrected chi connectivity index (χ3v) is 4.35. The van der Waals surface area contributed by atoms with E-state index in [4.69, 9.17) is 18.9 Å². The summed E-state index contributed by atoms with van der Waals surface area (Å²) in [7, 11) is 1.58. The van der Waals surface area contributed by atoms with Crippen LogP contribution in [0.15, 0.2) is 18.3 Å². The van der Waals surface area contributed by atoms with Gasteiger partial charge in [0.2, 0.25) is 11.8 Å². The van der Waals surface area contributed by atoms with E-state index < -0.39 is 0 Å². The first-order valence-corrected chi connectivity index (χ1v) is 8.32. The Morgan fingerprint density at radius 2 is 2.29 bits per heavy atom. The number of carbonyl (C=O) groups is 1. The summed E-state index contributed by atoms with van der Waals surface area (Å²) in [6.45, 7) is 2.77. The number of nitrogens with zero attached hydrogens (tertiary/aromatic N) is 1. The van der Waals surface area contributed by atoms with Crippen molar-refractivity contribution in [1.29, 1.82) is 0 Å². The smallest absolute Gasteiger partial charge is 0.246 e. The van der Waals surface area contributed by atoms with Gasteiger partial charge in [0, 0.05) is 37.0 Å². The molecule has 1 N–H and O–H groups in total. The molecule has 1 amide bonds. The van der Waals surface area contributed by atoms with E-state index in [1.165, 1.54) is 0 Å². The Kier molecular flexibility index (Phi) is 6.01. The summed E-state index contributed by atoms with van der Waals surface area (Å²) >= 11 is 0. The minimum Gasteiger partial charge on any atom is -0.481 e. The van der Waals surface area contributed by atoms with Gasteiger partial charge in [-0.05, 0) is 18.9 Å². The average molecular weight is 336 g/mol. The number of hydrogen-bond acceptors (Lipinski definition) is 6. The van der Waals surface area contributed by atoms with E-state index in [2.05, 4.69) is 10.3 Å². The van der Waals surface area contributed by atoms with E-state index >= 15 is 0 Å². The zero-order valence-electron chi connectivity index (χ0n) is 13.9. The van der Waals surface area contributed by atoms with Crippen LogP contribution in [0.2, 0.25) is 0 Å². The number of hydrogen-bond donors (Lipinski definition) is 1. The maximum absolute atomic E-state index is 12.1. The van der Waals surface area contributed by atoms with Crippen molar-refractivity contribution in [1.82, 2.24) is 10.3 Å². The number of rotatable bonds is 7. The van der Waals surface area contributed by atoms with Crippen LogP contribution in [0.3, 0.4) is 0 Å². The molecular formula is C17H24N2O5. The van der Waals surface area contributed by atoms with Crippen LogP contribution in [0.4, 0.5) is 0 Å². The lowest BCUT2D eigenvalue weighted by molar-refractivity contribution is -0.127. The largest absolute Gasteiger partial charge is 0.481 e. The van der Waals surface area contributed by atoms with Crippen molar-refractivity contribution in [2.45, 2.75) is 25.0 Å². The van der Waals surface area contributed by atoms with E-state index in [0.29, 0.717) is 25.0 Å². The molecule has 2 saturated heterocycles. The Bertz CT molecular complexity index is 530. The van der Waals surface area contributed by atoms with Crippen LogP contribution in [-0.2, 0) is 19.0 Å². The minimum atomic E-state index is -0.185. The summed E-state index contributed by atoms with van der Waals surface area (Å²) in [5.74, 6) is 0.850. The van der Waals surface area contributed by atoms with Gasteiger partial charge in [0.05, 0.1) is 26.4 Å². The maximum Gasteiger partial charge on any atom is 0.246 e. The number of carbonyl (C=O) groups excluding carboxylic acids is 1. The second-order valence-corrected chi connectivity index (χ2v) is 6.13. The fraction of sp³-hybridized carbons (Fsp3) is 0.647. The number of methoxy groups -OCH3 is 1. The van der Waals surface area contributed by atoms with Crippen LogP contribution in [-0.4, -0.2) is 57.1 Å². The summed E-state index contributed by atoms with van der Waals surface area (Å²) in [4.78, 5) is 16.3. The Balaban J connectivity index is 1.46. The average Bonchev–Trinajstić information content (AvgIpc) is 3.27. The molecule has 3 heterocycles. The van der Waals surface area contributed by atoms with Crippen LogP contribution < -0.4 is 10.1 Å². The first-order chi connectivity index (χ1) is 11.8. The highest BCUT2D eigenvalue weighted by molar-refractivity contribution is 5.77. The van der Waals surface area contributed by atoms with Gasteiger partial charge in [0.25, 0.3) is 0 Å². The molecule has 0 radical (unpaired) electrons. The molecule has 2 aliphatic heterocycles. The standard InChI is InChI=1S/C17H24N2O5/c1-21-16-3-2-13(8-18-16)17-14(5-7-24-17)19-15(20)11-23-10-12-4-6-22-9-12/h2-3,8,12,14,17H,4-7,9-11H2,1H3,(H,19,20)/t12?,14-,17+/m0/s1. The lowest BCUT2D eigenvalue weighted by atomic mass is 10.0. The molecule has 24 heavy (non-hydrogen) atoms. The van der Waals surface area contributed by atoms with Gasteiger partial charge in [-0.1, -0.05) is 0 Å². The second kappa shape index (κ2) is 8.41.